The first-order valence-corrected chi connectivity index (χ1v) is 8.25. The molecular weight excluding hydrogens is 344 g/mol. The van der Waals surface area contributed by atoms with Crippen LogP contribution in [0.4, 0.5) is 17.3 Å². The molecule has 1 aromatic carbocycles. The Labute approximate surface area is 156 Å². The van der Waals surface area contributed by atoms with Gasteiger partial charge in [0.2, 0.25) is 11.9 Å². The molecule has 0 atom stereocenters. The molecule has 0 saturated heterocycles. The summed E-state index contributed by atoms with van der Waals surface area (Å²) in [7, 11) is 0. The van der Waals surface area contributed by atoms with Gasteiger partial charge in [-0.3, -0.25) is 14.6 Å². The molecule has 2 amide bonds. The zero-order valence-corrected chi connectivity index (χ0v) is 14.6. The first-order chi connectivity index (χ1) is 13.1. The highest BCUT2D eigenvalue weighted by atomic mass is 16.2. The van der Waals surface area contributed by atoms with Crippen molar-refractivity contribution < 1.29 is 9.59 Å². The molecule has 27 heavy (non-hydrogen) atoms. The standard InChI is InChI=1S/C19H18N6O2/c1-13(26)23-15-3-2-4-16(11-15)24-19-21-10-7-17(25-19)18(27)22-12-14-5-8-20-9-6-14/h2-11H,12H2,1H3,(H,22,27)(H,23,26)(H,21,24,25). The lowest BCUT2D eigenvalue weighted by Gasteiger charge is -2.09. The third-order valence-electron chi connectivity index (χ3n) is 3.53. The molecule has 0 bridgehead atoms. The summed E-state index contributed by atoms with van der Waals surface area (Å²) in [6, 6.07) is 12.3. The van der Waals surface area contributed by atoms with Crippen LogP contribution in [0.15, 0.2) is 61.1 Å². The lowest BCUT2D eigenvalue weighted by Crippen LogP contribution is -2.24. The van der Waals surface area contributed by atoms with Gasteiger partial charge in [0.15, 0.2) is 0 Å². The summed E-state index contributed by atoms with van der Waals surface area (Å²) in [5.41, 5.74) is 2.54. The van der Waals surface area contributed by atoms with Crippen molar-refractivity contribution in [3.8, 4) is 0 Å². The van der Waals surface area contributed by atoms with Crippen molar-refractivity contribution in [3.05, 3.63) is 72.3 Å². The summed E-state index contributed by atoms with van der Waals surface area (Å²) in [6.45, 7) is 1.82. The van der Waals surface area contributed by atoms with E-state index in [2.05, 4.69) is 30.9 Å². The van der Waals surface area contributed by atoms with Gasteiger partial charge in [0.05, 0.1) is 0 Å². The van der Waals surface area contributed by atoms with Crippen LogP contribution in [0.2, 0.25) is 0 Å². The van der Waals surface area contributed by atoms with E-state index in [1.807, 2.05) is 18.2 Å². The Morgan fingerprint density at radius 3 is 2.56 bits per heavy atom. The summed E-state index contributed by atoms with van der Waals surface area (Å²) in [6.07, 6.45) is 4.85. The summed E-state index contributed by atoms with van der Waals surface area (Å²) >= 11 is 0. The number of aromatic nitrogens is 3. The minimum atomic E-state index is -0.302. The van der Waals surface area contributed by atoms with Crippen LogP contribution < -0.4 is 16.0 Å². The first kappa shape index (κ1) is 18.0. The van der Waals surface area contributed by atoms with Crippen molar-refractivity contribution in [2.45, 2.75) is 13.5 Å². The highest BCUT2D eigenvalue weighted by Crippen LogP contribution is 2.18. The Bertz CT molecular complexity index is 946. The minimum absolute atomic E-state index is 0.156. The normalized spacial score (nSPS) is 10.1. The number of carbonyl (C=O) groups excluding carboxylic acids is 2. The van der Waals surface area contributed by atoms with Gasteiger partial charge in [-0.25, -0.2) is 9.97 Å². The van der Waals surface area contributed by atoms with Crippen LogP contribution in [-0.2, 0) is 11.3 Å². The van der Waals surface area contributed by atoms with Gasteiger partial charge < -0.3 is 16.0 Å². The molecule has 8 heteroatoms. The van der Waals surface area contributed by atoms with Gasteiger partial charge in [-0.1, -0.05) is 6.07 Å². The fourth-order valence-electron chi connectivity index (χ4n) is 2.33. The molecule has 3 aromatic rings. The van der Waals surface area contributed by atoms with Crippen LogP contribution in [0.1, 0.15) is 23.0 Å². The number of amides is 2. The quantitative estimate of drug-likeness (QED) is 0.622. The third kappa shape index (κ3) is 5.33. The van der Waals surface area contributed by atoms with E-state index in [4.69, 9.17) is 0 Å². The highest BCUT2D eigenvalue weighted by Gasteiger charge is 2.09. The molecule has 2 aromatic heterocycles. The van der Waals surface area contributed by atoms with E-state index in [0.29, 0.717) is 17.9 Å². The zero-order valence-electron chi connectivity index (χ0n) is 14.6. The largest absolute Gasteiger partial charge is 0.347 e. The van der Waals surface area contributed by atoms with Gasteiger partial charge in [-0.15, -0.1) is 0 Å². The molecule has 0 spiro atoms. The molecule has 8 nitrogen and oxygen atoms in total. The fourth-order valence-corrected chi connectivity index (χ4v) is 2.33. The Balaban J connectivity index is 1.66. The number of hydrogen-bond acceptors (Lipinski definition) is 6. The predicted molar refractivity (Wildman–Crippen MR) is 101 cm³/mol. The molecule has 136 valence electrons. The van der Waals surface area contributed by atoms with E-state index < -0.39 is 0 Å². The van der Waals surface area contributed by atoms with Gasteiger partial charge in [-0.2, -0.15) is 0 Å². The summed E-state index contributed by atoms with van der Waals surface area (Å²) in [5.74, 6) is -0.174. The van der Waals surface area contributed by atoms with Crippen molar-refractivity contribution in [1.82, 2.24) is 20.3 Å². The maximum Gasteiger partial charge on any atom is 0.270 e. The number of anilines is 3. The van der Waals surface area contributed by atoms with Crippen LogP contribution in [0.25, 0.3) is 0 Å². The molecular formula is C19H18N6O2. The van der Waals surface area contributed by atoms with Crippen LogP contribution in [0.3, 0.4) is 0 Å². The Hall–Kier alpha value is -3.81. The second kappa shape index (κ2) is 8.52. The van der Waals surface area contributed by atoms with Gasteiger partial charge in [0.25, 0.3) is 5.91 Å². The minimum Gasteiger partial charge on any atom is -0.347 e. The average Bonchev–Trinajstić information content (AvgIpc) is 2.67. The van der Waals surface area contributed by atoms with E-state index in [1.54, 1.807) is 36.7 Å². The van der Waals surface area contributed by atoms with Crippen LogP contribution in [0, 0.1) is 0 Å². The Morgan fingerprint density at radius 1 is 1.00 bits per heavy atom. The summed E-state index contributed by atoms with van der Waals surface area (Å²) < 4.78 is 0. The van der Waals surface area contributed by atoms with Crippen molar-refractivity contribution in [3.63, 3.8) is 0 Å². The van der Waals surface area contributed by atoms with Crippen molar-refractivity contribution >= 4 is 29.1 Å². The zero-order chi connectivity index (χ0) is 19.1. The van der Waals surface area contributed by atoms with Gasteiger partial charge >= 0.3 is 0 Å². The SMILES string of the molecule is CC(=O)Nc1cccc(Nc2nccc(C(=O)NCc3ccncc3)n2)c1. The molecule has 0 aliphatic rings. The molecule has 0 aliphatic carbocycles. The monoisotopic (exact) mass is 362 g/mol. The fraction of sp³-hybridized carbons (Fsp3) is 0.105. The van der Waals surface area contributed by atoms with E-state index in [9.17, 15) is 9.59 Å². The van der Waals surface area contributed by atoms with E-state index in [0.717, 1.165) is 5.56 Å². The van der Waals surface area contributed by atoms with E-state index in [-0.39, 0.29) is 23.5 Å². The van der Waals surface area contributed by atoms with Gasteiger partial charge in [-0.05, 0) is 42.0 Å². The number of pyridine rings is 1. The molecule has 0 aliphatic heterocycles. The maximum absolute atomic E-state index is 12.3. The summed E-state index contributed by atoms with van der Waals surface area (Å²) in [5, 5.41) is 8.53. The molecule has 0 saturated carbocycles. The Kier molecular flexibility index (Phi) is 5.68. The number of hydrogen-bond donors (Lipinski definition) is 3. The number of carbonyl (C=O) groups is 2. The van der Waals surface area contributed by atoms with E-state index in [1.165, 1.54) is 13.1 Å². The topological polar surface area (TPSA) is 109 Å². The van der Waals surface area contributed by atoms with Crippen LogP contribution in [-0.4, -0.2) is 26.8 Å². The van der Waals surface area contributed by atoms with Crippen molar-refractivity contribution in [2.75, 3.05) is 10.6 Å². The lowest BCUT2D eigenvalue weighted by atomic mass is 10.2. The highest BCUT2D eigenvalue weighted by molar-refractivity contribution is 5.92. The molecule has 0 radical (unpaired) electrons. The summed E-state index contributed by atoms with van der Waals surface area (Å²) in [4.78, 5) is 35.8. The Morgan fingerprint density at radius 2 is 1.78 bits per heavy atom. The molecule has 0 fully saturated rings. The van der Waals surface area contributed by atoms with Gasteiger partial charge in [0.1, 0.15) is 5.69 Å². The number of nitrogens with one attached hydrogen (secondary N) is 3. The number of rotatable bonds is 6. The number of nitrogens with zero attached hydrogens (tertiary/aromatic N) is 3. The third-order valence-corrected chi connectivity index (χ3v) is 3.53. The predicted octanol–water partition coefficient (Wildman–Crippen LogP) is 2.50. The van der Waals surface area contributed by atoms with Crippen molar-refractivity contribution in [1.29, 1.82) is 0 Å². The van der Waals surface area contributed by atoms with Gasteiger partial charge in [0, 0.05) is 43.4 Å². The molecule has 0 unspecified atom stereocenters. The van der Waals surface area contributed by atoms with Crippen LogP contribution >= 0.6 is 0 Å². The smallest absolute Gasteiger partial charge is 0.270 e. The maximum atomic E-state index is 12.3. The van der Waals surface area contributed by atoms with Crippen molar-refractivity contribution in [2.24, 2.45) is 0 Å². The van der Waals surface area contributed by atoms with E-state index >= 15 is 0 Å². The average molecular weight is 362 g/mol. The lowest BCUT2D eigenvalue weighted by molar-refractivity contribution is -0.114. The number of benzene rings is 1. The second-order valence-electron chi connectivity index (χ2n) is 5.69. The molecule has 3 N–H and O–H groups in total. The molecule has 2 heterocycles. The second-order valence-corrected chi connectivity index (χ2v) is 5.69. The molecule has 3 rings (SSSR count). The first-order valence-electron chi connectivity index (χ1n) is 8.25. The van der Waals surface area contributed by atoms with Crippen LogP contribution in [0.5, 0.6) is 0 Å².